The number of aromatic nitrogens is 4. The van der Waals surface area contributed by atoms with E-state index in [1.54, 1.807) is 0 Å². The summed E-state index contributed by atoms with van der Waals surface area (Å²) in [5, 5.41) is 4.32. The van der Waals surface area contributed by atoms with E-state index in [0.29, 0.717) is 11.8 Å². The van der Waals surface area contributed by atoms with Gasteiger partial charge in [0, 0.05) is 56.5 Å². The quantitative estimate of drug-likeness (QED) is 0.836. The van der Waals surface area contributed by atoms with Gasteiger partial charge in [0.1, 0.15) is 5.82 Å². The van der Waals surface area contributed by atoms with Crippen molar-refractivity contribution in [2.75, 3.05) is 13.1 Å². The molecule has 2 aliphatic rings. The van der Waals surface area contributed by atoms with Crippen molar-refractivity contribution in [3.63, 3.8) is 0 Å². The van der Waals surface area contributed by atoms with E-state index in [9.17, 15) is 4.79 Å². The normalized spacial score (nSPS) is 24.1. The molecule has 6 nitrogen and oxygen atoms in total. The number of carbonyl (C=O) groups excluding carboxylic acids is 1. The average molecular weight is 367 g/mol. The Bertz CT molecular complexity index is 856. The summed E-state index contributed by atoms with van der Waals surface area (Å²) in [6.07, 6.45) is 9.36. The maximum Gasteiger partial charge on any atom is 0.226 e. The van der Waals surface area contributed by atoms with E-state index in [2.05, 4.69) is 46.9 Å². The van der Waals surface area contributed by atoms with Gasteiger partial charge in [-0.05, 0) is 35.8 Å². The molecule has 1 fully saturated rings. The highest BCUT2D eigenvalue weighted by molar-refractivity contribution is 5.80. The molecule has 0 saturated carbocycles. The van der Waals surface area contributed by atoms with Crippen LogP contribution in [0.4, 0.5) is 0 Å². The Morgan fingerprint density at radius 3 is 2.85 bits per heavy atom. The maximum atomic E-state index is 13.3. The molecule has 3 heterocycles. The summed E-state index contributed by atoms with van der Waals surface area (Å²) in [4.78, 5) is 24.4. The maximum absolute atomic E-state index is 13.3. The Balaban J connectivity index is 1.48. The van der Waals surface area contributed by atoms with E-state index >= 15 is 0 Å². The van der Waals surface area contributed by atoms with Crippen LogP contribution in [-0.2, 0) is 31.1 Å². The second-order valence-corrected chi connectivity index (χ2v) is 8.76. The van der Waals surface area contributed by atoms with Gasteiger partial charge in [-0.3, -0.25) is 9.48 Å². The van der Waals surface area contributed by atoms with Crippen LogP contribution in [-0.4, -0.2) is 43.6 Å². The number of hydrogen-bond acceptors (Lipinski definition) is 4. The zero-order valence-electron chi connectivity index (χ0n) is 16.8. The fourth-order valence-electron chi connectivity index (χ4n) is 4.67. The summed E-state index contributed by atoms with van der Waals surface area (Å²) in [5.41, 5.74) is 3.58. The van der Waals surface area contributed by atoms with E-state index in [1.807, 2.05) is 24.1 Å². The van der Waals surface area contributed by atoms with Crippen molar-refractivity contribution >= 4 is 5.91 Å². The molecular weight excluding hydrogens is 338 g/mol. The van der Waals surface area contributed by atoms with Gasteiger partial charge in [0.2, 0.25) is 5.91 Å². The second-order valence-electron chi connectivity index (χ2n) is 8.76. The second kappa shape index (κ2) is 6.73. The number of carbonyl (C=O) groups is 1. The number of fused-ring (bicyclic) bond motifs is 1. The van der Waals surface area contributed by atoms with Crippen molar-refractivity contribution in [3.8, 4) is 0 Å². The average Bonchev–Trinajstić information content (AvgIpc) is 3.22. The van der Waals surface area contributed by atoms with Crippen LogP contribution in [0.25, 0.3) is 0 Å². The minimum absolute atomic E-state index is 0.0528. The van der Waals surface area contributed by atoms with Gasteiger partial charge in [-0.15, -0.1) is 0 Å². The molecular formula is C21H29N5O. The molecule has 0 spiro atoms. The predicted octanol–water partition coefficient (Wildman–Crippen LogP) is 2.53. The first kappa shape index (κ1) is 18.1. The van der Waals surface area contributed by atoms with Gasteiger partial charge in [-0.2, -0.15) is 5.10 Å². The largest absolute Gasteiger partial charge is 0.341 e. The van der Waals surface area contributed by atoms with E-state index in [-0.39, 0.29) is 11.3 Å². The van der Waals surface area contributed by atoms with Crippen molar-refractivity contribution in [1.82, 2.24) is 24.6 Å². The SMILES string of the molecule is CCc1ncc2c(n1)CCC(C(=O)N1CC(c3cnn(C)c3)C(C)(C)C1)C2. The van der Waals surface area contributed by atoms with Gasteiger partial charge in [-0.1, -0.05) is 20.8 Å². The molecule has 2 atom stereocenters. The van der Waals surface area contributed by atoms with Crippen LogP contribution < -0.4 is 0 Å². The van der Waals surface area contributed by atoms with E-state index in [4.69, 9.17) is 0 Å². The van der Waals surface area contributed by atoms with Gasteiger partial charge in [0.05, 0.1) is 6.20 Å². The number of likely N-dealkylation sites (tertiary alicyclic amines) is 1. The standard InChI is InChI=1S/C21H29N5O/c1-5-19-22-9-15-8-14(6-7-18(15)24-19)20(27)26-12-17(21(2,3)13-26)16-10-23-25(4)11-16/h9-11,14,17H,5-8,12-13H2,1-4H3. The lowest BCUT2D eigenvalue weighted by atomic mass is 9.79. The summed E-state index contributed by atoms with van der Waals surface area (Å²) >= 11 is 0. The minimum Gasteiger partial charge on any atom is -0.341 e. The molecule has 1 aliphatic heterocycles. The number of amides is 1. The molecule has 2 aromatic heterocycles. The molecule has 2 unspecified atom stereocenters. The summed E-state index contributed by atoms with van der Waals surface area (Å²) in [6, 6.07) is 0. The summed E-state index contributed by atoms with van der Waals surface area (Å²) < 4.78 is 1.85. The smallest absolute Gasteiger partial charge is 0.226 e. The molecule has 2 aromatic rings. The number of aryl methyl sites for hydroxylation is 3. The van der Waals surface area contributed by atoms with Crippen LogP contribution >= 0.6 is 0 Å². The molecule has 1 amide bonds. The Kier molecular flexibility index (Phi) is 4.52. The van der Waals surface area contributed by atoms with E-state index in [0.717, 1.165) is 55.9 Å². The van der Waals surface area contributed by atoms with Crippen LogP contribution in [0.2, 0.25) is 0 Å². The molecule has 4 rings (SSSR count). The van der Waals surface area contributed by atoms with Gasteiger partial charge in [-0.25, -0.2) is 9.97 Å². The van der Waals surface area contributed by atoms with Crippen molar-refractivity contribution in [2.45, 2.75) is 52.4 Å². The number of rotatable bonds is 3. The highest BCUT2D eigenvalue weighted by atomic mass is 16.2. The first-order valence-electron chi connectivity index (χ1n) is 9.98. The minimum atomic E-state index is 0.0528. The lowest BCUT2D eigenvalue weighted by molar-refractivity contribution is -0.135. The first-order chi connectivity index (χ1) is 12.9. The fraction of sp³-hybridized carbons (Fsp3) is 0.619. The van der Waals surface area contributed by atoms with Crippen molar-refractivity contribution < 1.29 is 4.79 Å². The van der Waals surface area contributed by atoms with E-state index < -0.39 is 0 Å². The molecule has 0 bridgehead atoms. The Labute approximate surface area is 161 Å². The van der Waals surface area contributed by atoms with Crippen LogP contribution in [0, 0.1) is 11.3 Å². The molecule has 144 valence electrons. The third-order valence-electron chi connectivity index (χ3n) is 6.25. The Morgan fingerprint density at radius 1 is 1.33 bits per heavy atom. The van der Waals surface area contributed by atoms with Crippen LogP contribution in [0.3, 0.4) is 0 Å². The zero-order chi connectivity index (χ0) is 19.2. The molecule has 1 aliphatic carbocycles. The van der Waals surface area contributed by atoms with Crippen LogP contribution in [0.5, 0.6) is 0 Å². The van der Waals surface area contributed by atoms with Crippen LogP contribution in [0.15, 0.2) is 18.6 Å². The third-order valence-corrected chi connectivity index (χ3v) is 6.25. The predicted molar refractivity (Wildman–Crippen MR) is 103 cm³/mol. The lowest BCUT2D eigenvalue weighted by Gasteiger charge is -2.28. The van der Waals surface area contributed by atoms with Crippen molar-refractivity contribution in [2.24, 2.45) is 18.4 Å². The van der Waals surface area contributed by atoms with Gasteiger partial charge >= 0.3 is 0 Å². The monoisotopic (exact) mass is 367 g/mol. The summed E-state index contributed by atoms with van der Waals surface area (Å²) in [7, 11) is 1.94. The third kappa shape index (κ3) is 3.37. The van der Waals surface area contributed by atoms with Gasteiger partial charge in [0.15, 0.2) is 0 Å². The van der Waals surface area contributed by atoms with Crippen LogP contribution in [0.1, 0.15) is 55.8 Å². The first-order valence-corrected chi connectivity index (χ1v) is 9.98. The van der Waals surface area contributed by atoms with Crippen molar-refractivity contribution in [3.05, 3.63) is 41.2 Å². The van der Waals surface area contributed by atoms with E-state index in [1.165, 1.54) is 5.56 Å². The zero-order valence-corrected chi connectivity index (χ0v) is 16.8. The number of nitrogens with zero attached hydrogens (tertiary/aromatic N) is 5. The Hall–Kier alpha value is -2.24. The summed E-state index contributed by atoms with van der Waals surface area (Å²) in [5.74, 6) is 1.58. The molecule has 27 heavy (non-hydrogen) atoms. The van der Waals surface area contributed by atoms with Gasteiger partial charge < -0.3 is 4.90 Å². The topological polar surface area (TPSA) is 63.9 Å². The highest BCUT2D eigenvalue weighted by Crippen LogP contribution is 2.43. The lowest BCUT2D eigenvalue weighted by Crippen LogP contribution is -2.38. The molecule has 0 N–H and O–H groups in total. The molecule has 0 aromatic carbocycles. The number of hydrogen-bond donors (Lipinski definition) is 0. The molecule has 1 saturated heterocycles. The molecule has 6 heteroatoms. The summed E-state index contributed by atoms with van der Waals surface area (Å²) in [6.45, 7) is 8.18. The highest BCUT2D eigenvalue weighted by Gasteiger charge is 2.44. The van der Waals surface area contributed by atoms with Crippen molar-refractivity contribution in [1.29, 1.82) is 0 Å². The molecule has 0 radical (unpaired) electrons. The Morgan fingerprint density at radius 2 is 2.15 bits per heavy atom. The van der Waals surface area contributed by atoms with Gasteiger partial charge in [0.25, 0.3) is 0 Å². The fourth-order valence-corrected chi connectivity index (χ4v) is 4.67.